The van der Waals surface area contributed by atoms with Crippen LogP contribution in [0.5, 0.6) is 0 Å². The summed E-state index contributed by atoms with van der Waals surface area (Å²) in [5, 5.41) is 3.63. The minimum absolute atomic E-state index is 0.293. The van der Waals surface area contributed by atoms with E-state index >= 15 is 0 Å². The van der Waals surface area contributed by atoms with Gasteiger partial charge in [-0.15, -0.1) is 0 Å². The maximum Gasteiger partial charge on any atom is 0.137 e. The number of carbonyl (C=O) groups excluding carboxylic acids is 1. The molecule has 104 valence electrons. The number of hydrogen-bond donors (Lipinski definition) is 1. The summed E-state index contributed by atoms with van der Waals surface area (Å²) in [4.78, 5) is 12.2. The molecule has 0 aromatic carbocycles. The molecule has 0 aromatic heterocycles. The Hall–Kier alpha value is -0.370. The standard InChI is InChI=1S/C16H29NO/c1-16(2,3)12-8-9-15(18)13(11-12)14-7-5-4-6-10-17-14/h12-14,17H,4-11H2,1-3H3. The van der Waals surface area contributed by atoms with Gasteiger partial charge in [0.15, 0.2) is 0 Å². The van der Waals surface area contributed by atoms with Crippen molar-refractivity contribution in [2.75, 3.05) is 6.54 Å². The molecule has 2 aliphatic rings. The summed E-state index contributed by atoms with van der Waals surface area (Å²) < 4.78 is 0. The van der Waals surface area contributed by atoms with Crippen molar-refractivity contribution in [1.82, 2.24) is 5.32 Å². The maximum absolute atomic E-state index is 12.2. The Balaban J connectivity index is 2.02. The zero-order valence-electron chi connectivity index (χ0n) is 12.3. The molecule has 2 fully saturated rings. The molecule has 0 aromatic rings. The van der Waals surface area contributed by atoms with Gasteiger partial charge >= 0.3 is 0 Å². The van der Waals surface area contributed by atoms with Crippen molar-refractivity contribution in [3.05, 3.63) is 0 Å². The highest BCUT2D eigenvalue weighted by Crippen LogP contribution is 2.40. The third-order valence-corrected chi connectivity index (χ3v) is 5.00. The summed E-state index contributed by atoms with van der Waals surface area (Å²) in [5.41, 5.74) is 0.351. The Morgan fingerprint density at radius 2 is 1.89 bits per heavy atom. The van der Waals surface area contributed by atoms with E-state index in [0.717, 1.165) is 25.8 Å². The van der Waals surface area contributed by atoms with Crippen molar-refractivity contribution >= 4 is 5.78 Å². The smallest absolute Gasteiger partial charge is 0.137 e. The number of nitrogens with one attached hydrogen (secondary N) is 1. The van der Waals surface area contributed by atoms with Gasteiger partial charge in [-0.25, -0.2) is 0 Å². The molecule has 2 rings (SSSR count). The Kier molecular flexibility index (Phi) is 4.47. The second kappa shape index (κ2) is 5.73. The first-order valence-corrected chi connectivity index (χ1v) is 7.74. The van der Waals surface area contributed by atoms with Crippen LogP contribution in [0, 0.1) is 17.3 Å². The highest BCUT2D eigenvalue weighted by Gasteiger charge is 2.38. The first-order valence-electron chi connectivity index (χ1n) is 7.74. The summed E-state index contributed by atoms with van der Waals surface area (Å²) in [7, 11) is 0. The number of hydrogen-bond acceptors (Lipinski definition) is 2. The molecular weight excluding hydrogens is 222 g/mol. The molecule has 1 aliphatic carbocycles. The zero-order chi connectivity index (χ0) is 13.2. The van der Waals surface area contributed by atoms with Crippen LogP contribution >= 0.6 is 0 Å². The number of carbonyl (C=O) groups is 1. The van der Waals surface area contributed by atoms with Crippen LogP contribution in [0.4, 0.5) is 0 Å². The van der Waals surface area contributed by atoms with Gasteiger partial charge in [0.2, 0.25) is 0 Å². The fourth-order valence-corrected chi connectivity index (χ4v) is 3.63. The van der Waals surface area contributed by atoms with Crippen LogP contribution in [-0.4, -0.2) is 18.4 Å². The molecule has 1 saturated carbocycles. The van der Waals surface area contributed by atoms with Crippen LogP contribution in [0.1, 0.15) is 65.7 Å². The van der Waals surface area contributed by atoms with Crippen LogP contribution in [-0.2, 0) is 4.79 Å². The minimum atomic E-state index is 0.293. The lowest BCUT2D eigenvalue weighted by molar-refractivity contribution is -0.127. The fourth-order valence-electron chi connectivity index (χ4n) is 3.63. The summed E-state index contributed by atoms with van der Waals surface area (Å²) in [5.74, 6) is 1.53. The van der Waals surface area contributed by atoms with Crippen LogP contribution < -0.4 is 5.32 Å². The molecule has 3 unspecified atom stereocenters. The van der Waals surface area contributed by atoms with E-state index in [1.54, 1.807) is 0 Å². The van der Waals surface area contributed by atoms with Crippen LogP contribution in [0.2, 0.25) is 0 Å². The molecule has 3 atom stereocenters. The monoisotopic (exact) mass is 251 g/mol. The molecule has 1 heterocycles. The Labute approximate surface area is 112 Å². The van der Waals surface area contributed by atoms with Crippen molar-refractivity contribution in [3.8, 4) is 0 Å². The molecule has 18 heavy (non-hydrogen) atoms. The van der Waals surface area contributed by atoms with Gasteiger partial charge in [-0.2, -0.15) is 0 Å². The lowest BCUT2D eigenvalue weighted by Crippen LogP contribution is -2.44. The largest absolute Gasteiger partial charge is 0.313 e. The predicted octanol–water partition coefficient (Wildman–Crippen LogP) is 3.55. The highest BCUT2D eigenvalue weighted by molar-refractivity contribution is 5.82. The van der Waals surface area contributed by atoms with E-state index in [1.165, 1.54) is 25.7 Å². The zero-order valence-corrected chi connectivity index (χ0v) is 12.3. The lowest BCUT2D eigenvalue weighted by atomic mass is 9.67. The molecule has 0 amide bonds. The van der Waals surface area contributed by atoms with Gasteiger partial charge < -0.3 is 5.32 Å². The molecular formula is C16H29NO. The van der Waals surface area contributed by atoms with E-state index < -0.39 is 0 Å². The molecule has 1 saturated heterocycles. The normalized spacial score (nSPS) is 35.3. The van der Waals surface area contributed by atoms with E-state index in [-0.39, 0.29) is 0 Å². The van der Waals surface area contributed by atoms with Crippen molar-refractivity contribution in [2.24, 2.45) is 17.3 Å². The minimum Gasteiger partial charge on any atom is -0.313 e. The van der Waals surface area contributed by atoms with Crippen LogP contribution in [0.25, 0.3) is 0 Å². The SMILES string of the molecule is CC(C)(C)C1CCC(=O)C(C2CCCCCN2)C1. The van der Waals surface area contributed by atoms with Gasteiger partial charge in [0.05, 0.1) is 0 Å². The van der Waals surface area contributed by atoms with Crippen molar-refractivity contribution in [3.63, 3.8) is 0 Å². The number of rotatable bonds is 1. The first kappa shape index (κ1) is 14.0. The number of Topliss-reactive ketones (excluding diaryl/α,β-unsaturated/α-hetero) is 1. The topological polar surface area (TPSA) is 29.1 Å². The van der Waals surface area contributed by atoms with E-state index in [9.17, 15) is 4.79 Å². The summed E-state index contributed by atoms with van der Waals surface area (Å²) in [6, 6.07) is 0.463. The Bertz CT molecular complexity index is 284. The van der Waals surface area contributed by atoms with Crippen molar-refractivity contribution in [2.45, 2.75) is 71.8 Å². The molecule has 2 nitrogen and oxygen atoms in total. The van der Waals surface area contributed by atoms with E-state index in [4.69, 9.17) is 0 Å². The van der Waals surface area contributed by atoms with Crippen molar-refractivity contribution < 1.29 is 4.79 Å². The third-order valence-electron chi connectivity index (χ3n) is 5.00. The predicted molar refractivity (Wildman–Crippen MR) is 75.6 cm³/mol. The first-order chi connectivity index (χ1) is 8.48. The Morgan fingerprint density at radius 3 is 2.61 bits per heavy atom. The summed E-state index contributed by atoms with van der Waals surface area (Å²) >= 11 is 0. The lowest BCUT2D eigenvalue weighted by Gasteiger charge is -2.39. The quantitative estimate of drug-likeness (QED) is 0.772. The Morgan fingerprint density at radius 1 is 1.11 bits per heavy atom. The van der Waals surface area contributed by atoms with Crippen LogP contribution in [0.15, 0.2) is 0 Å². The average Bonchev–Trinajstić information content (AvgIpc) is 2.56. The maximum atomic E-state index is 12.2. The fraction of sp³-hybridized carbons (Fsp3) is 0.938. The molecule has 0 spiro atoms. The average molecular weight is 251 g/mol. The van der Waals surface area contributed by atoms with Gasteiger partial charge in [-0.05, 0) is 43.6 Å². The third kappa shape index (κ3) is 3.34. The second-order valence-electron chi connectivity index (χ2n) is 7.32. The highest BCUT2D eigenvalue weighted by atomic mass is 16.1. The molecule has 1 N–H and O–H groups in total. The van der Waals surface area contributed by atoms with Gasteiger partial charge in [-0.3, -0.25) is 4.79 Å². The van der Waals surface area contributed by atoms with Gasteiger partial charge in [0.25, 0.3) is 0 Å². The van der Waals surface area contributed by atoms with Gasteiger partial charge in [-0.1, -0.05) is 33.6 Å². The summed E-state index contributed by atoms with van der Waals surface area (Å²) in [6.07, 6.45) is 8.12. The van der Waals surface area contributed by atoms with Crippen LogP contribution in [0.3, 0.4) is 0 Å². The van der Waals surface area contributed by atoms with E-state index in [2.05, 4.69) is 26.1 Å². The van der Waals surface area contributed by atoms with E-state index in [1.807, 2.05) is 0 Å². The number of ketones is 1. The van der Waals surface area contributed by atoms with Gasteiger partial charge in [0.1, 0.15) is 5.78 Å². The molecule has 1 aliphatic heterocycles. The summed E-state index contributed by atoms with van der Waals surface area (Å²) in [6.45, 7) is 8.08. The van der Waals surface area contributed by atoms with E-state index in [0.29, 0.717) is 29.1 Å². The second-order valence-corrected chi connectivity index (χ2v) is 7.32. The molecule has 2 heteroatoms. The molecule has 0 bridgehead atoms. The van der Waals surface area contributed by atoms with Gasteiger partial charge in [0, 0.05) is 18.4 Å². The molecule has 0 radical (unpaired) electrons. The van der Waals surface area contributed by atoms with Crippen molar-refractivity contribution in [1.29, 1.82) is 0 Å².